The predicted molar refractivity (Wildman–Crippen MR) is 74.8 cm³/mol. The summed E-state index contributed by atoms with van der Waals surface area (Å²) in [5.74, 6) is 0.442. The zero-order valence-electron chi connectivity index (χ0n) is 10.7. The second-order valence-electron chi connectivity index (χ2n) is 5.08. The third-order valence-electron chi connectivity index (χ3n) is 3.80. The van der Waals surface area contributed by atoms with Gasteiger partial charge in [-0.3, -0.25) is 4.79 Å². The highest BCUT2D eigenvalue weighted by Gasteiger charge is 2.26. The van der Waals surface area contributed by atoms with Crippen LogP contribution in [-0.2, 0) is 4.79 Å². The van der Waals surface area contributed by atoms with Gasteiger partial charge >= 0.3 is 0 Å². The predicted octanol–water partition coefficient (Wildman–Crippen LogP) is 3.31. The fourth-order valence-electron chi connectivity index (χ4n) is 2.50. The van der Waals surface area contributed by atoms with Crippen molar-refractivity contribution in [2.24, 2.45) is 5.92 Å². The molecule has 0 radical (unpaired) electrons. The Morgan fingerprint density at radius 3 is 2.72 bits per heavy atom. The standard InChI is InChI=1S/C15H20ClNO/c1-11(12-6-3-2-4-7-12)15(18)17-10-13-8-5-9-14(13)16/h2-4,6-7,11,13-14H,5,8-10H2,1H3,(H,17,18). The van der Waals surface area contributed by atoms with E-state index in [0.29, 0.717) is 12.5 Å². The Morgan fingerprint density at radius 1 is 1.39 bits per heavy atom. The molecule has 3 atom stereocenters. The van der Waals surface area contributed by atoms with E-state index in [1.807, 2.05) is 37.3 Å². The minimum Gasteiger partial charge on any atom is -0.355 e. The highest BCUT2D eigenvalue weighted by molar-refractivity contribution is 6.21. The van der Waals surface area contributed by atoms with E-state index in [1.165, 1.54) is 6.42 Å². The summed E-state index contributed by atoms with van der Waals surface area (Å²) in [5, 5.41) is 3.26. The summed E-state index contributed by atoms with van der Waals surface area (Å²) >= 11 is 6.21. The molecule has 1 aromatic carbocycles. The third-order valence-corrected chi connectivity index (χ3v) is 4.37. The second-order valence-corrected chi connectivity index (χ2v) is 5.65. The number of hydrogen-bond donors (Lipinski definition) is 1. The van der Waals surface area contributed by atoms with Gasteiger partial charge in [0.05, 0.1) is 5.92 Å². The summed E-state index contributed by atoms with van der Waals surface area (Å²) in [6.45, 7) is 2.65. The molecule has 1 aliphatic rings. The molecule has 1 aromatic rings. The lowest BCUT2D eigenvalue weighted by atomic mass is 10.00. The average molecular weight is 266 g/mol. The first-order valence-electron chi connectivity index (χ1n) is 6.65. The smallest absolute Gasteiger partial charge is 0.227 e. The fraction of sp³-hybridized carbons (Fsp3) is 0.533. The SMILES string of the molecule is CC(C(=O)NCC1CCCC1Cl)c1ccccc1. The van der Waals surface area contributed by atoms with Crippen molar-refractivity contribution in [1.82, 2.24) is 5.32 Å². The zero-order chi connectivity index (χ0) is 13.0. The molecular formula is C15H20ClNO. The van der Waals surface area contributed by atoms with Crippen molar-refractivity contribution in [2.75, 3.05) is 6.54 Å². The van der Waals surface area contributed by atoms with Gasteiger partial charge < -0.3 is 5.32 Å². The van der Waals surface area contributed by atoms with Gasteiger partial charge in [0.15, 0.2) is 0 Å². The maximum atomic E-state index is 12.1. The normalized spacial score (nSPS) is 24.8. The first-order chi connectivity index (χ1) is 8.68. The van der Waals surface area contributed by atoms with Crippen LogP contribution in [0.1, 0.15) is 37.7 Å². The van der Waals surface area contributed by atoms with Crippen LogP contribution in [0.4, 0.5) is 0 Å². The van der Waals surface area contributed by atoms with Crippen molar-refractivity contribution >= 4 is 17.5 Å². The molecule has 0 heterocycles. The number of amides is 1. The van der Waals surface area contributed by atoms with Crippen LogP contribution in [-0.4, -0.2) is 17.8 Å². The first-order valence-corrected chi connectivity index (χ1v) is 7.09. The molecule has 3 heteroatoms. The van der Waals surface area contributed by atoms with Crippen LogP contribution < -0.4 is 5.32 Å². The molecule has 1 fully saturated rings. The number of alkyl halides is 1. The fourth-order valence-corrected chi connectivity index (χ4v) is 2.87. The van der Waals surface area contributed by atoms with Crippen LogP contribution >= 0.6 is 11.6 Å². The van der Waals surface area contributed by atoms with Gasteiger partial charge in [0, 0.05) is 11.9 Å². The monoisotopic (exact) mass is 265 g/mol. The Bertz CT molecular complexity index is 393. The summed E-state index contributed by atoms with van der Waals surface area (Å²) in [7, 11) is 0. The maximum Gasteiger partial charge on any atom is 0.227 e. The Balaban J connectivity index is 1.84. The first kappa shape index (κ1) is 13.4. The van der Waals surface area contributed by atoms with E-state index in [1.54, 1.807) is 0 Å². The molecule has 98 valence electrons. The van der Waals surface area contributed by atoms with Crippen LogP contribution in [0.25, 0.3) is 0 Å². The topological polar surface area (TPSA) is 29.1 Å². The molecule has 0 bridgehead atoms. The van der Waals surface area contributed by atoms with E-state index in [2.05, 4.69) is 5.32 Å². The van der Waals surface area contributed by atoms with E-state index >= 15 is 0 Å². The lowest BCUT2D eigenvalue weighted by Gasteiger charge is -2.17. The van der Waals surface area contributed by atoms with Gasteiger partial charge in [-0.1, -0.05) is 36.8 Å². The summed E-state index contributed by atoms with van der Waals surface area (Å²) in [5.41, 5.74) is 1.06. The van der Waals surface area contributed by atoms with Gasteiger partial charge in [0.2, 0.25) is 5.91 Å². The summed E-state index contributed by atoms with van der Waals surface area (Å²) in [6.07, 6.45) is 3.40. The Morgan fingerprint density at radius 2 is 2.11 bits per heavy atom. The van der Waals surface area contributed by atoms with Gasteiger partial charge in [0.25, 0.3) is 0 Å². The van der Waals surface area contributed by atoms with E-state index < -0.39 is 0 Å². The summed E-state index contributed by atoms with van der Waals surface area (Å²) < 4.78 is 0. The van der Waals surface area contributed by atoms with Crippen LogP contribution in [0.15, 0.2) is 30.3 Å². The average Bonchev–Trinajstić information content (AvgIpc) is 2.81. The molecule has 0 saturated heterocycles. The van der Waals surface area contributed by atoms with E-state index in [-0.39, 0.29) is 17.2 Å². The van der Waals surface area contributed by atoms with Crippen LogP contribution in [0.3, 0.4) is 0 Å². The Labute approximate surface area is 114 Å². The van der Waals surface area contributed by atoms with Crippen molar-refractivity contribution in [1.29, 1.82) is 0 Å². The molecule has 2 nitrogen and oxygen atoms in total. The van der Waals surface area contributed by atoms with Crippen molar-refractivity contribution in [3.05, 3.63) is 35.9 Å². The molecule has 1 N–H and O–H groups in total. The van der Waals surface area contributed by atoms with Crippen molar-refractivity contribution in [2.45, 2.75) is 37.5 Å². The van der Waals surface area contributed by atoms with Crippen LogP contribution in [0, 0.1) is 5.92 Å². The third kappa shape index (κ3) is 3.26. The van der Waals surface area contributed by atoms with Gasteiger partial charge in [-0.2, -0.15) is 0 Å². The second kappa shape index (κ2) is 6.24. The summed E-state index contributed by atoms with van der Waals surface area (Å²) in [4.78, 5) is 12.1. The van der Waals surface area contributed by atoms with E-state index in [0.717, 1.165) is 18.4 Å². The number of nitrogens with one attached hydrogen (secondary N) is 1. The molecule has 18 heavy (non-hydrogen) atoms. The minimum atomic E-state index is -0.0959. The minimum absolute atomic E-state index is 0.0944. The lowest BCUT2D eigenvalue weighted by Crippen LogP contribution is -2.33. The lowest BCUT2D eigenvalue weighted by molar-refractivity contribution is -0.122. The van der Waals surface area contributed by atoms with Gasteiger partial charge in [0.1, 0.15) is 0 Å². The number of carbonyl (C=O) groups is 1. The highest BCUT2D eigenvalue weighted by atomic mass is 35.5. The summed E-state index contributed by atoms with van der Waals surface area (Å²) in [6, 6.07) is 9.87. The Hall–Kier alpha value is -1.02. The molecule has 0 aliphatic heterocycles. The van der Waals surface area contributed by atoms with Gasteiger partial charge in [-0.05, 0) is 31.2 Å². The number of carbonyl (C=O) groups excluding carboxylic acids is 1. The molecule has 1 amide bonds. The zero-order valence-corrected chi connectivity index (χ0v) is 11.5. The molecule has 2 rings (SSSR count). The van der Waals surface area contributed by atoms with Gasteiger partial charge in [-0.15, -0.1) is 11.6 Å². The largest absolute Gasteiger partial charge is 0.355 e. The van der Waals surface area contributed by atoms with Crippen molar-refractivity contribution in [3.8, 4) is 0 Å². The number of halogens is 1. The molecule has 3 unspecified atom stereocenters. The number of hydrogen-bond acceptors (Lipinski definition) is 1. The quantitative estimate of drug-likeness (QED) is 0.832. The van der Waals surface area contributed by atoms with Crippen LogP contribution in [0.2, 0.25) is 0 Å². The van der Waals surface area contributed by atoms with Crippen LogP contribution in [0.5, 0.6) is 0 Å². The molecule has 0 aromatic heterocycles. The van der Waals surface area contributed by atoms with Crippen molar-refractivity contribution in [3.63, 3.8) is 0 Å². The maximum absolute atomic E-state index is 12.1. The molecule has 1 saturated carbocycles. The molecular weight excluding hydrogens is 246 g/mol. The Kier molecular flexibility index (Phi) is 4.65. The van der Waals surface area contributed by atoms with Gasteiger partial charge in [-0.25, -0.2) is 0 Å². The number of rotatable bonds is 4. The highest BCUT2D eigenvalue weighted by Crippen LogP contribution is 2.29. The van der Waals surface area contributed by atoms with E-state index in [4.69, 9.17) is 11.6 Å². The number of benzene rings is 1. The van der Waals surface area contributed by atoms with E-state index in [9.17, 15) is 4.79 Å². The molecule has 0 spiro atoms. The molecule has 1 aliphatic carbocycles. The van der Waals surface area contributed by atoms with Crippen molar-refractivity contribution < 1.29 is 4.79 Å².